The van der Waals surface area contributed by atoms with Crippen LogP contribution in [0.25, 0.3) is 0 Å². The summed E-state index contributed by atoms with van der Waals surface area (Å²) >= 11 is 0. The molecule has 0 aromatic heterocycles. The van der Waals surface area contributed by atoms with E-state index in [1.165, 1.54) is 0 Å². The Labute approximate surface area is 369 Å². The second-order valence-corrected chi connectivity index (χ2v) is 0. The zero-order chi connectivity index (χ0) is 54.0. The van der Waals surface area contributed by atoms with Gasteiger partial charge in [-0.15, -0.1) is 0 Å². The zero-order valence-corrected chi connectivity index (χ0v) is 35.2. The molecule has 0 atom stereocenters. The fourth-order valence-electron chi connectivity index (χ4n) is 0. The van der Waals surface area contributed by atoms with Crippen LogP contribution in [0, 0.1) is 7.43 Å². The van der Waals surface area contributed by atoms with Crippen LogP contribution in [0.5, 0.6) is 0 Å². The van der Waals surface area contributed by atoms with E-state index in [2.05, 4.69) is 0 Å². The Morgan fingerprint density at radius 3 is 0.0862 bits per heavy atom. The van der Waals surface area contributed by atoms with E-state index in [4.69, 9.17) is 129 Å². The summed E-state index contributed by atoms with van der Waals surface area (Å²) in [5, 5.41) is 0. The molecule has 0 aliphatic rings. The monoisotopic (exact) mass is 1000 g/mol. The maximum absolute atomic E-state index is 8.00. The first-order chi connectivity index (χ1) is 27.0. The van der Waals surface area contributed by atoms with Crippen LogP contribution in [0.3, 0.4) is 0 Å². The first-order valence-corrected chi connectivity index (χ1v) is 7.79. The van der Waals surface area contributed by atoms with Crippen LogP contribution in [0.15, 0.2) is 0 Å². The Bertz CT molecular complexity index is 200. The van der Waals surface area contributed by atoms with Crippen molar-refractivity contribution in [2.75, 3.05) is 0 Å². The van der Waals surface area contributed by atoms with E-state index in [0.29, 0.717) is 0 Å². The van der Waals surface area contributed by atoms with E-state index in [0.717, 1.165) is 0 Å². The molecular weight excluding hydrogens is 945 g/mol. The van der Waals surface area contributed by atoms with Crippen molar-refractivity contribution in [1.82, 2.24) is 0 Å². The molecule has 0 N–H and O–H groups in total. The average molecular weight is 1000 g/mol. The Morgan fingerprint density at radius 1 is 0.0862 bits per heavy atom. The van der Waals surface area contributed by atoms with E-state index in [9.17, 15) is 0 Å². The standard InChI is InChI=1S/27CH2O.CH3.3Co/c27*1-2;;;;/h27*1H2;1H3;;;/q;;;;;;;;;;;;;;;;;;;;;;;;;;;-1;;;. The van der Waals surface area contributed by atoms with Crippen LogP contribution in [-0.2, 0) is 180 Å². The predicted octanol–water partition coefficient (Wildman–Crippen LogP) is -4.55. The van der Waals surface area contributed by atoms with Crippen molar-refractivity contribution < 1.29 is 180 Å². The van der Waals surface area contributed by atoms with Gasteiger partial charge in [-0.3, -0.25) is 0 Å². The first-order valence-electron chi connectivity index (χ1n) is 7.79. The van der Waals surface area contributed by atoms with Gasteiger partial charge in [0.25, 0.3) is 0 Å². The minimum absolute atomic E-state index is 0. The van der Waals surface area contributed by atoms with Gasteiger partial charge in [-0.2, -0.15) is 0 Å². The summed E-state index contributed by atoms with van der Waals surface area (Å²) in [6.07, 6.45) is 0. The predicted molar refractivity (Wildman–Crippen MR) is 199 cm³/mol. The van der Waals surface area contributed by atoms with Crippen LogP contribution in [-0.4, -0.2) is 183 Å². The molecule has 0 fully saturated rings. The molecule has 0 aromatic carbocycles. The Kier molecular flexibility index (Phi) is 12000. The van der Waals surface area contributed by atoms with Crippen molar-refractivity contribution in [1.29, 1.82) is 0 Å². The maximum atomic E-state index is 8.00. The normalized spacial score (nSPS) is 1.86. The fourth-order valence-corrected chi connectivity index (χ4v) is 0. The molecule has 30 heteroatoms. The largest absolute Gasteiger partial charge is 0.358 e. The van der Waals surface area contributed by atoms with Gasteiger partial charge in [-0.05, 0) is 0 Å². The fraction of sp³-hybridized carbons (Fsp3) is 0. The summed E-state index contributed by atoms with van der Waals surface area (Å²) in [5.74, 6) is 0. The Morgan fingerprint density at radius 2 is 0.0862 bits per heavy atom. The number of hydrogen-bond acceptors (Lipinski definition) is 27. The quantitative estimate of drug-likeness (QED) is 0.206. The molecular formula is C28H57Co3O27-. The van der Waals surface area contributed by atoms with Crippen molar-refractivity contribution in [2.24, 2.45) is 0 Å². The summed E-state index contributed by atoms with van der Waals surface area (Å²) < 4.78 is 0. The van der Waals surface area contributed by atoms with Crippen molar-refractivity contribution in [3.63, 3.8) is 0 Å². The summed E-state index contributed by atoms with van der Waals surface area (Å²) in [4.78, 5) is 216. The molecule has 58 heavy (non-hydrogen) atoms. The van der Waals surface area contributed by atoms with Gasteiger partial charge >= 0.3 is 0 Å². The zero-order valence-electron chi connectivity index (χ0n) is 32.1. The van der Waals surface area contributed by atoms with E-state index in [1.54, 1.807) is 0 Å². The van der Waals surface area contributed by atoms with Gasteiger partial charge in [-0.25, -0.2) is 0 Å². The number of rotatable bonds is 0. The topological polar surface area (TPSA) is 461 Å². The second-order valence-electron chi connectivity index (χ2n) is 0. The summed E-state index contributed by atoms with van der Waals surface area (Å²) in [6, 6.07) is 0. The molecule has 0 saturated heterocycles. The van der Waals surface area contributed by atoms with Gasteiger partial charge in [0, 0.05) is 50.3 Å². The van der Waals surface area contributed by atoms with Crippen molar-refractivity contribution >= 4 is 183 Å². The van der Waals surface area contributed by atoms with Crippen LogP contribution in [0.4, 0.5) is 0 Å². The minimum Gasteiger partial charge on any atom is -0.358 e. The number of carbonyl (C=O) groups is 27. The van der Waals surface area contributed by atoms with Crippen LogP contribution >= 0.6 is 0 Å². The van der Waals surface area contributed by atoms with E-state index >= 15 is 0 Å². The van der Waals surface area contributed by atoms with Crippen LogP contribution in [0.1, 0.15) is 0 Å². The van der Waals surface area contributed by atoms with Crippen molar-refractivity contribution in [3.05, 3.63) is 7.43 Å². The smallest absolute Gasteiger partial charge is 0.106 e. The molecule has 0 saturated carbocycles. The molecule has 0 spiro atoms. The van der Waals surface area contributed by atoms with Crippen LogP contribution < -0.4 is 0 Å². The molecule has 0 aromatic rings. The molecule has 27 nitrogen and oxygen atoms in total. The van der Waals surface area contributed by atoms with Crippen molar-refractivity contribution in [2.45, 2.75) is 0 Å². The van der Waals surface area contributed by atoms with E-state index in [-0.39, 0.29) is 57.8 Å². The summed E-state index contributed by atoms with van der Waals surface area (Å²) in [5.41, 5.74) is 0. The molecule has 0 aliphatic carbocycles. The van der Waals surface area contributed by atoms with E-state index < -0.39 is 0 Å². The molecule has 0 aliphatic heterocycles. The Hall–Kier alpha value is -7.39. The maximum Gasteiger partial charge on any atom is 0.106 e. The summed E-state index contributed by atoms with van der Waals surface area (Å²) in [7, 11) is 0. The van der Waals surface area contributed by atoms with Gasteiger partial charge in [0.2, 0.25) is 0 Å². The average Bonchev–Trinajstić information content (AvgIpc) is 3.42. The van der Waals surface area contributed by atoms with Crippen molar-refractivity contribution in [3.8, 4) is 0 Å². The molecule has 0 bridgehead atoms. The SMILES string of the molecule is C=O.C=O.C=O.C=O.C=O.C=O.C=O.C=O.C=O.C=O.C=O.C=O.C=O.C=O.C=O.C=O.C=O.C=O.C=O.C=O.C=O.C=O.C=O.C=O.C=O.C=O.C=O.[CH3-].[Co].[Co].[Co]. The van der Waals surface area contributed by atoms with Gasteiger partial charge in [0.05, 0.1) is 0 Å². The third-order valence-electron chi connectivity index (χ3n) is 0. The molecule has 0 heterocycles. The van der Waals surface area contributed by atoms with Gasteiger partial charge < -0.3 is 137 Å². The third-order valence-corrected chi connectivity index (χ3v) is 0. The van der Waals surface area contributed by atoms with Gasteiger partial charge in [0.1, 0.15) is 183 Å². The molecule has 359 valence electrons. The first kappa shape index (κ1) is 324. The van der Waals surface area contributed by atoms with E-state index in [1.807, 2.05) is 183 Å². The minimum atomic E-state index is 0. The number of hydrogen-bond donors (Lipinski definition) is 0. The van der Waals surface area contributed by atoms with Crippen LogP contribution in [0.2, 0.25) is 0 Å². The molecule has 0 amide bonds. The molecule has 0 rings (SSSR count). The Balaban J connectivity index is -0.00000000449. The van der Waals surface area contributed by atoms with Gasteiger partial charge in [-0.1, -0.05) is 0 Å². The number of carbonyl (C=O) groups excluding carboxylic acids is 27. The second kappa shape index (κ2) is 2150. The van der Waals surface area contributed by atoms with Gasteiger partial charge in [0.15, 0.2) is 0 Å². The molecule has 3 radical (unpaired) electrons. The molecule has 0 unspecified atom stereocenters. The third kappa shape index (κ3) is 2020. The summed E-state index contributed by atoms with van der Waals surface area (Å²) in [6.45, 7) is 54.0.